The van der Waals surface area contributed by atoms with Crippen molar-refractivity contribution >= 4 is 11.6 Å². The molecule has 0 bridgehead atoms. The van der Waals surface area contributed by atoms with Gasteiger partial charge >= 0.3 is 0 Å². The molecule has 9 atom stereocenters. The Bertz CT molecular complexity index is 1250. The molecule has 1 aromatic rings. The highest BCUT2D eigenvalue weighted by Gasteiger charge is 2.79. The van der Waals surface area contributed by atoms with Gasteiger partial charge < -0.3 is 14.6 Å². The Morgan fingerprint density at radius 3 is 2.63 bits per heavy atom. The lowest BCUT2D eigenvalue weighted by Gasteiger charge is -2.63. The first-order valence-corrected chi connectivity index (χ1v) is 13.4. The van der Waals surface area contributed by atoms with Gasteiger partial charge in [-0.15, -0.1) is 0 Å². The van der Waals surface area contributed by atoms with Crippen LogP contribution in [0.25, 0.3) is 0 Å². The average Bonchev–Trinajstić information content (AvgIpc) is 3.46. The lowest BCUT2D eigenvalue weighted by molar-refractivity contribution is -0.270. The predicted molar refractivity (Wildman–Crippen MR) is 132 cm³/mol. The summed E-state index contributed by atoms with van der Waals surface area (Å²) in [7, 11) is 0. The first kappa shape index (κ1) is 26.0. The average molecular weight is 532 g/mol. The molecule has 5 aliphatic rings. The number of Topliss-reactive ketones (excluding diaryl/α,β-unsaturated/α-hetero) is 1. The normalized spacial score (nSPS) is 45.8. The van der Waals surface area contributed by atoms with E-state index < -0.39 is 64.4 Å². The van der Waals surface area contributed by atoms with Crippen molar-refractivity contribution in [3.63, 3.8) is 0 Å². The second-order valence-corrected chi connectivity index (χ2v) is 12.5. The first-order chi connectivity index (χ1) is 17.8. The fourth-order valence-corrected chi connectivity index (χ4v) is 8.94. The number of ketones is 2. The molecule has 4 fully saturated rings. The number of carbonyl (C=O) groups excluding carboxylic acids is 2. The van der Waals surface area contributed by atoms with E-state index in [2.05, 4.69) is 0 Å². The van der Waals surface area contributed by atoms with E-state index in [9.17, 15) is 19.8 Å². The Labute approximate surface area is 220 Å². The highest BCUT2D eigenvalue weighted by Crippen LogP contribution is 2.72. The van der Waals surface area contributed by atoms with Gasteiger partial charge in [0.05, 0.1) is 12.6 Å². The van der Waals surface area contributed by atoms with Crippen molar-refractivity contribution < 1.29 is 37.8 Å². The maximum absolute atomic E-state index is 17.4. The van der Waals surface area contributed by atoms with E-state index in [-0.39, 0.29) is 24.3 Å². The standard InChI is InChI=1S/C29H35F2NO6/c1-15-7-19(37-16(15)2)13-32-12-17-8-20-21-10-23(30)22-9-18(34)5-6-26(22,3)28(21,31)24(35)11-27(20,4)29(17,38-32)25(36)14-33/h5-7,9,17,20-21,23-24,33,35H,8,10-14H2,1-4H3/t17-,20-,21-,23-,24-,26-,27-,28-,29-/m0/s1. The van der Waals surface area contributed by atoms with Crippen LogP contribution in [0.15, 0.2) is 34.3 Å². The minimum Gasteiger partial charge on any atom is -0.465 e. The molecule has 0 unspecified atom stereocenters. The van der Waals surface area contributed by atoms with Crippen molar-refractivity contribution in [2.75, 3.05) is 13.2 Å². The summed E-state index contributed by atoms with van der Waals surface area (Å²) in [5.41, 5.74) is -5.18. The molecule has 1 saturated heterocycles. The van der Waals surface area contributed by atoms with E-state index >= 15 is 8.78 Å². The van der Waals surface area contributed by atoms with Gasteiger partial charge in [-0.2, -0.15) is 5.06 Å². The number of rotatable bonds is 4. The van der Waals surface area contributed by atoms with Crippen LogP contribution in [-0.4, -0.2) is 63.5 Å². The highest BCUT2D eigenvalue weighted by atomic mass is 19.1. The van der Waals surface area contributed by atoms with Gasteiger partial charge in [-0.1, -0.05) is 13.0 Å². The van der Waals surface area contributed by atoms with E-state index in [1.807, 2.05) is 26.8 Å². The first-order valence-electron chi connectivity index (χ1n) is 13.4. The van der Waals surface area contributed by atoms with Crippen molar-refractivity contribution in [2.24, 2.45) is 28.6 Å². The Morgan fingerprint density at radius 1 is 1.24 bits per heavy atom. The van der Waals surface area contributed by atoms with Gasteiger partial charge in [-0.25, -0.2) is 8.78 Å². The molecule has 0 amide bonds. The van der Waals surface area contributed by atoms with E-state index in [1.54, 1.807) is 12.0 Å². The number of halogens is 2. The summed E-state index contributed by atoms with van der Waals surface area (Å²) in [6, 6.07) is 1.91. The minimum atomic E-state index is -2.23. The monoisotopic (exact) mass is 531 g/mol. The van der Waals surface area contributed by atoms with E-state index in [4.69, 9.17) is 9.25 Å². The fraction of sp³-hybridized carbons (Fsp3) is 0.655. The molecular formula is C29H35F2NO6. The second kappa shape index (κ2) is 8.16. The predicted octanol–water partition coefficient (Wildman–Crippen LogP) is 3.49. The van der Waals surface area contributed by atoms with Crippen LogP contribution in [0, 0.1) is 42.4 Å². The topological polar surface area (TPSA) is 100 Å². The Kier molecular flexibility index (Phi) is 5.59. The molecule has 7 nitrogen and oxygen atoms in total. The lowest BCUT2D eigenvalue weighted by atomic mass is 9.44. The minimum absolute atomic E-state index is 0.0669. The van der Waals surface area contributed by atoms with Crippen molar-refractivity contribution in [1.82, 2.24) is 5.06 Å². The van der Waals surface area contributed by atoms with Crippen molar-refractivity contribution in [3.05, 3.63) is 47.0 Å². The number of aliphatic hydroxyl groups excluding tert-OH is 2. The molecular weight excluding hydrogens is 496 g/mol. The molecule has 4 aliphatic carbocycles. The second-order valence-electron chi connectivity index (χ2n) is 12.5. The highest BCUT2D eigenvalue weighted by molar-refractivity contribution is 6.01. The molecule has 1 aliphatic heterocycles. The summed E-state index contributed by atoms with van der Waals surface area (Å²) in [5.74, 6) is -1.20. The number of hydrogen-bond acceptors (Lipinski definition) is 7. The Hall–Kier alpha value is -2.20. The molecule has 2 heterocycles. The lowest BCUT2D eigenvalue weighted by Crippen LogP contribution is -2.70. The summed E-state index contributed by atoms with van der Waals surface area (Å²) in [5, 5.41) is 23.3. The Balaban J connectivity index is 1.40. The van der Waals surface area contributed by atoms with Crippen LogP contribution in [0.2, 0.25) is 0 Å². The van der Waals surface area contributed by atoms with Crippen molar-refractivity contribution in [2.45, 2.75) is 77.0 Å². The van der Waals surface area contributed by atoms with E-state index in [0.29, 0.717) is 25.3 Å². The van der Waals surface area contributed by atoms with Gasteiger partial charge in [0.2, 0.25) is 0 Å². The fourth-order valence-electron chi connectivity index (χ4n) is 8.94. The molecule has 0 aromatic carbocycles. The quantitative estimate of drug-likeness (QED) is 0.614. The molecule has 1 aromatic heterocycles. The molecule has 9 heteroatoms. The van der Waals surface area contributed by atoms with Gasteiger partial charge in [0, 0.05) is 29.2 Å². The zero-order valence-corrected chi connectivity index (χ0v) is 22.2. The van der Waals surface area contributed by atoms with Gasteiger partial charge in [0.25, 0.3) is 0 Å². The molecule has 3 saturated carbocycles. The maximum atomic E-state index is 17.4. The molecule has 0 spiro atoms. The number of fused-ring (bicyclic) bond motifs is 7. The zero-order valence-electron chi connectivity index (χ0n) is 22.2. The van der Waals surface area contributed by atoms with E-state index in [1.165, 1.54) is 18.2 Å². The van der Waals surface area contributed by atoms with Crippen LogP contribution in [0.4, 0.5) is 8.78 Å². The van der Waals surface area contributed by atoms with Gasteiger partial charge in [-0.3, -0.25) is 14.4 Å². The number of carbonyl (C=O) groups is 2. The third kappa shape index (κ3) is 3.02. The summed E-state index contributed by atoms with van der Waals surface area (Å²) < 4.78 is 38.9. The molecule has 206 valence electrons. The third-order valence-corrected chi connectivity index (χ3v) is 10.8. The van der Waals surface area contributed by atoms with Gasteiger partial charge in [0.15, 0.2) is 22.8 Å². The molecule has 38 heavy (non-hydrogen) atoms. The van der Waals surface area contributed by atoms with Crippen molar-refractivity contribution in [3.8, 4) is 0 Å². The maximum Gasteiger partial charge on any atom is 0.192 e. The number of alkyl halides is 2. The number of nitrogens with zero attached hydrogens (tertiary/aromatic N) is 1. The summed E-state index contributed by atoms with van der Waals surface area (Å²) in [4.78, 5) is 32.0. The number of aliphatic hydroxyl groups is 2. The summed E-state index contributed by atoms with van der Waals surface area (Å²) in [6.07, 6.45) is 0.838. The van der Waals surface area contributed by atoms with Gasteiger partial charge in [-0.05, 0) is 75.3 Å². The largest absolute Gasteiger partial charge is 0.465 e. The molecule has 6 rings (SSSR count). The number of furan rings is 1. The van der Waals surface area contributed by atoms with Crippen LogP contribution < -0.4 is 0 Å². The zero-order chi connectivity index (χ0) is 27.4. The number of allylic oxidation sites excluding steroid dienone is 4. The smallest absolute Gasteiger partial charge is 0.192 e. The van der Waals surface area contributed by atoms with Gasteiger partial charge in [0.1, 0.15) is 24.3 Å². The Morgan fingerprint density at radius 2 is 1.97 bits per heavy atom. The third-order valence-electron chi connectivity index (χ3n) is 10.8. The van der Waals surface area contributed by atoms with Crippen LogP contribution in [0.5, 0.6) is 0 Å². The number of aryl methyl sites for hydroxylation is 2. The number of hydroxylamine groups is 2. The number of hydrogen-bond donors (Lipinski definition) is 2. The SMILES string of the molecule is Cc1cc(CN2C[C@@H]3C[C@H]4[C@@H]5C[C@H](F)C6=CC(=O)C=C[C@]6(C)[C@@]5(F)[C@@H](O)C[C@]4(C)[C@]3(C(=O)CO)O2)oc1C. The molecule has 2 N–H and O–H groups in total. The van der Waals surface area contributed by atoms with Crippen LogP contribution in [0.1, 0.15) is 50.2 Å². The van der Waals surface area contributed by atoms with Crippen LogP contribution in [0.3, 0.4) is 0 Å². The summed E-state index contributed by atoms with van der Waals surface area (Å²) in [6.45, 7) is 7.08. The summed E-state index contributed by atoms with van der Waals surface area (Å²) >= 11 is 0. The molecule has 0 radical (unpaired) electrons. The van der Waals surface area contributed by atoms with E-state index in [0.717, 1.165) is 11.3 Å². The van der Waals surface area contributed by atoms with Crippen LogP contribution >= 0.6 is 0 Å². The van der Waals surface area contributed by atoms with Crippen LogP contribution in [-0.2, 0) is 21.0 Å². The van der Waals surface area contributed by atoms with Crippen molar-refractivity contribution in [1.29, 1.82) is 0 Å².